The maximum atomic E-state index is 11.2. The zero-order valence-electron chi connectivity index (χ0n) is 14.8. The van der Waals surface area contributed by atoms with Crippen LogP contribution in [0.1, 0.15) is 42.6 Å². The van der Waals surface area contributed by atoms with Crippen molar-refractivity contribution in [3.63, 3.8) is 0 Å². The minimum absolute atomic E-state index is 0.252. The van der Waals surface area contributed by atoms with Crippen molar-refractivity contribution >= 4 is 11.9 Å². The third kappa shape index (κ3) is 3.55. The van der Waals surface area contributed by atoms with Crippen LogP contribution in [-0.4, -0.2) is 23.7 Å². The van der Waals surface area contributed by atoms with Crippen LogP contribution in [0.15, 0.2) is 36.4 Å². The lowest BCUT2D eigenvalue weighted by atomic mass is 9.86. The molecular formula is C20H20O6. The summed E-state index contributed by atoms with van der Waals surface area (Å²) in [6.07, 6.45) is -0.795. The first-order valence-electron chi connectivity index (χ1n) is 8.28. The zero-order chi connectivity index (χ0) is 18.8. The number of hydrogen-bond donors (Lipinski definition) is 1. The van der Waals surface area contributed by atoms with Crippen LogP contribution in [0, 0.1) is 6.92 Å². The second kappa shape index (κ2) is 7.17. The molecule has 0 radical (unpaired) electrons. The Kier molecular flexibility index (Phi) is 4.95. The highest BCUT2D eigenvalue weighted by atomic mass is 16.5. The molecule has 0 amide bonds. The molecular weight excluding hydrogens is 336 g/mol. The number of esters is 2. The molecule has 0 bridgehead atoms. The molecule has 0 saturated heterocycles. The molecule has 1 aliphatic heterocycles. The Hall–Kier alpha value is -2.86. The van der Waals surface area contributed by atoms with Crippen LogP contribution >= 0.6 is 0 Å². The van der Waals surface area contributed by atoms with Crippen LogP contribution in [0.4, 0.5) is 0 Å². The van der Waals surface area contributed by atoms with Crippen LogP contribution in [0.25, 0.3) is 0 Å². The fourth-order valence-corrected chi connectivity index (χ4v) is 3.12. The van der Waals surface area contributed by atoms with Gasteiger partial charge in [-0.1, -0.05) is 12.1 Å². The summed E-state index contributed by atoms with van der Waals surface area (Å²) in [6, 6.07) is 10.4. The Bertz CT molecular complexity index is 857. The monoisotopic (exact) mass is 356 g/mol. The van der Waals surface area contributed by atoms with Crippen molar-refractivity contribution in [3.8, 4) is 17.2 Å². The van der Waals surface area contributed by atoms with Crippen molar-refractivity contribution in [3.05, 3.63) is 53.1 Å². The van der Waals surface area contributed by atoms with Gasteiger partial charge in [-0.3, -0.25) is 9.59 Å². The molecule has 6 heteroatoms. The molecule has 0 aromatic heterocycles. The minimum Gasteiger partial charge on any atom is -0.492 e. The molecule has 3 rings (SSSR count). The number of carbonyl (C=O) groups is 2. The molecule has 1 aliphatic rings. The largest absolute Gasteiger partial charge is 0.492 e. The molecule has 136 valence electrons. The molecule has 1 heterocycles. The van der Waals surface area contributed by atoms with Gasteiger partial charge in [0.25, 0.3) is 0 Å². The van der Waals surface area contributed by atoms with Gasteiger partial charge in [-0.15, -0.1) is 0 Å². The van der Waals surface area contributed by atoms with Crippen molar-refractivity contribution in [2.45, 2.75) is 32.8 Å². The SMILES string of the molecule is CC(=O)Oc1cccc(C2COc3c(ccc(OC(C)=O)c3C)C2O)c1. The van der Waals surface area contributed by atoms with Crippen LogP contribution in [-0.2, 0) is 9.59 Å². The second-order valence-corrected chi connectivity index (χ2v) is 6.23. The predicted molar refractivity (Wildman–Crippen MR) is 93.4 cm³/mol. The summed E-state index contributed by atoms with van der Waals surface area (Å²) >= 11 is 0. The summed E-state index contributed by atoms with van der Waals surface area (Å²) in [6.45, 7) is 4.71. The quantitative estimate of drug-likeness (QED) is 0.672. The summed E-state index contributed by atoms with van der Waals surface area (Å²) in [5.74, 6) is 0.250. The van der Waals surface area contributed by atoms with Crippen LogP contribution < -0.4 is 14.2 Å². The first-order valence-corrected chi connectivity index (χ1v) is 8.28. The van der Waals surface area contributed by atoms with Gasteiger partial charge in [-0.25, -0.2) is 0 Å². The molecule has 2 aromatic rings. The molecule has 6 nitrogen and oxygen atoms in total. The van der Waals surface area contributed by atoms with E-state index in [1.54, 1.807) is 37.3 Å². The summed E-state index contributed by atoms with van der Waals surface area (Å²) < 4.78 is 16.1. The lowest BCUT2D eigenvalue weighted by molar-refractivity contribution is -0.132. The summed E-state index contributed by atoms with van der Waals surface area (Å²) in [5, 5.41) is 10.8. The highest BCUT2D eigenvalue weighted by Gasteiger charge is 2.32. The van der Waals surface area contributed by atoms with E-state index in [1.807, 2.05) is 6.07 Å². The predicted octanol–water partition coefficient (Wildman–Crippen LogP) is 3.06. The number of ether oxygens (including phenoxy) is 3. The molecule has 2 unspecified atom stereocenters. The first kappa shape index (κ1) is 17.9. The first-order chi connectivity index (χ1) is 12.4. The number of benzene rings is 2. The van der Waals surface area contributed by atoms with E-state index >= 15 is 0 Å². The number of hydrogen-bond acceptors (Lipinski definition) is 6. The van der Waals surface area contributed by atoms with E-state index in [0.29, 0.717) is 28.4 Å². The molecule has 2 aromatic carbocycles. The van der Waals surface area contributed by atoms with Crippen LogP contribution in [0.3, 0.4) is 0 Å². The van der Waals surface area contributed by atoms with Crippen molar-refractivity contribution in [1.29, 1.82) is 0 Å². The Morgan fingerprint density at radius 1 is 1.12 bits per heavy atom. The van der Waals surface area contributed by atoms with E-state index in [2.05, 4.69) is 0 Å². The van der Waals surface area contributed by atoms with Gasteiger partial charge >= 0.3 is 11.9 Å². The van der Waals surface area contributed by atoms with E-state index < -0.39 is 18.0 Å². The van der Waals surface area contributed by atoms with Crippen molar-refractivity contribution < 1.29 is 28.9 Å². The Morgan fingerprint density at radius 3 is 2.54 bits per heavy atom. The van der Waals surface area contributed by atoms with Crippen molar-refractivity contribution in [1.82, 2.24) is 0 Å². The molecule has 0 saturated carbocycles. The number of rotatable bonds is 3. The average molecular weight is 356 g/mol. The van der Waals surface area contributed by atoms with Gasteiger partial charge in [0, 0.05) is 30.9 Å². The second-order valence-electron chi connectivity index (χ2n) is 6.23. The maximum absolute atomic E-state index is 11.2. The van der Waals surface area contributed by atoms with Gasteiger partial charge in [0.05, 0.1) is 12.7 Å². The fraction of sp³-hybridized carbons (Fsp3) is 0.300. The van der Waals surface area contributed by atoms with Crippen molar-refractivity contribution in [2.75, 3.05) is 6.61 Å². The van der Waals surface area contributed by atoms with Gasteiger partial charge in [-0.05, 0) is 36.8 Å². The average Bonchev–Trinajstić information content (AvgIpc) is 2.57. The molecule has 2 atom stereocenters. The normalized spacial score (nSPS) is 18.5. The fourth-order valence-electron chi connectivity index (χ4n) is 3.12. The standard InChI is InChI=1S/C20H20O6/c1-11-18(26-13(3)22)8-7-16-19(23)17(10-24-20(11)16)14-5-4-6-15(9-14)25-12(2)21/h4-9,17,19,23H,10H2,1-3H3. The molecule has 0 aliphatic carbocycles. The third-order valence-electron chi connectivity index (χ3n) is 4.30. The highest BCUT2D eigenvalue weighted by molar-refractivity contribution is 5.71. The van der Waals surface area contributed by atoms with E-state index in [4.69, 9.17) is 14.2 Å². The summed E-state index contributed by atoms with van der Waals surface area (Å²) in [7, 11) is 0. The minimum atomic E-state index is -0.795. The van der Waals surface area contributed by atoms with Gasteiger partial charge in [-0.2, -0.15) is 0 Å². The Morgan fingerprint density at radius 2 is 1.85 bits per heavy atom. The van der Waals surface area contributed by atoms with Gasteiger partial charge in [0.1, 0.15) is 17.2 Å². The van der Waals surface area contributed by atoms with Crippen molar-refractivity contribution in [2.24, 2.45) is 0 Å². The third-order valence-corrected chi connectivity index (χ3v) is 4.30. The molecule has 0 spiro atoms. The smallest absolute Gasteiger partial charge is 0.308 e. The molecule has 26 heavy (non-hydrogen) atoms. The molecule has 1 N–H and O–H groups in total. The van der Waals surface area contributed by atoms with Gasteiger partial charge < -0.3 is 19.3 Å². The Balaban J connectivity index is 1.91. The maximum Gasteiger partial charge on any atom is 0.308 e. The summed E-state index contributed by atoms with van der Waals surface area (Å²) in [4.78, 5) is 22.3. The lowest BCUT2D eigenvalue weighted by Gasteiger charge is -2.32. The molecule has 0 fully saturated rings. The topological polar surface area (TPSA) is 82.1 Å². The van der Waals surface area contributed by atoms with E-state index in [0.717, 1.165) is 5.56 Å². The van der Waals surface area contributed by atoms with Crippen LogP contribution in [0.2, 0.25) is 0 Å². The number of carbonyl (C=O) groups excluding carboxylic acids is 2. The highest BCUT2D eigenvalue weighted by Crippen LogP contribution is 2.44. The van der Waals surface area contributed by atoms with E-state index in [-0.39, 0.29) is 12.5 Å². The summed E-state index contributed by atoms with van der Waals surface area (Å²) in [5.41, 5.74) is 2.11. The van der Waals surface area contributed by atoms with Crippen LogP contribution in [0.5, 0.6) is 17.2 Å². The Labute approximate surface area is 151 Å². The number of aliphatic hydroxyl groups excluding tert-OH is 1. The van der Waals surface area contributed by atoms with E-state index in [9.17, 15) is 14.7 Å². The number of aliphatic hydroxyl groups is 1. The van der Waals surface area contributed by atoms with Gasteiger partial charge in [0.15, 0.2) is 0 Å². The van der Waals surface area contributed by atoms with Gasteiger partial charge in [0.2, 0.25) is 0 Å². The zero-order valence-corrected chi connectivity index (χ0v) is 14.8. The number of fused-ring (bicyclic) bond motifs is 1. The van der Waals surface area contributed by atoms with E-state index in [1.165, 1.54) is 13.8 Å². The lowest BCUT2D eigenvalue weighted by Crippen LogP contribution is -2.25.